The lowest BCUT2D eigenvalue weighted by atomic mass is 9.93. The van der Waals surface area contributed by atoms with Gasteiger partial charge in [-0.3, -0.25) is 14.5 Å². The van der Waals surface area contributed by atoms with Crippen LogP contribution in [0, 0.1) is 0 Å². The molecule has 6 heteroatoms. The Labute approximate surface area is 215 Å². The van der Waals surface area contributed by atoms with E-state index in [4.69, 9.17) is 9.47 Å². The topological polar surface area (TPSA) is 76.1 Å². The Balaban J connectivity index is 1.71. The molecule has 0 saturated carbocycles. The summed E-state index contributed by atoms with van der Waals surface area (Å²) in [5.41, 5.74) is 1.73. The fourth-order valence-corrected chi connectivity index (χ4v) is 4.73. The summed E-state index contributed by atoms with van der Waals surface area (Å²) in [6.45, 7) is 3.88. The van der Waals surface area contributed by atoms with E-state index >= 15 is 0 Å². The maximum atomic E-state index is 13.5. The maximum absolute atomic E-state index is 13.5. The molecule has 4 aromatic rings. The summed E-state index contributed by atoms with van der Waals surface area (Å²) in [7, 11) is 1.56. The number of fused-ring (bicyclic) bond motifs is 1. The van der Waals surface area contributed by atoms with E-state index < -0.39 is 17.7 Å². The predicted octanol–water partition coefficient (Wildman–Crippen LogP) is 6.26. The molecular formula is C31H27NO5. The summed E-state index contributed by atoms with van der Waals surface area (Å²) in [5, 5.41) is 13.3. The molecule has 1 saturated heterocycles. The van der Waals surface area contributed by atoms with Gasteiger partial charge in [0.05, 0.1) is 24.8 Å². The number of aliphatic hydroxyl groups is 1. The second kappa shape index (κ2) is 9.82. The number of ether oxygens (including phenoxy) is 2. The molecule has 0 aromatic heterocycles. The number of hydrogen-bond donors (Lipinski definition) is 1. The van der Waals surface area contributed by atoms with Crippen LogP contribution in [-0.4, -0.2) is 30.0 Å². The van der Waals surface area contributed by atoms with E-state index in [1.165, 1.54) is 4.90 Å². The molecule has 4 aromatic carbocycles. The average Bonchev–Trinajstić information content (AvgIpc) is 3.18. The highest BCUT2D eigenvalue weighted by atomic mass is 16.5. The molecule has 1 unspecified atom stereocenters. The Kier molecular flexibility index (Phi) is 6.40. The number of aliphatic hydroxyl groups excluding tert-OH is 1. The largest absolute Gasteiger partial charge is 0.507 e. The van der Waals surface area contributed by atoms with Gasteiger partial charge in [0.15, 0.2) is 0 Å². The van der Waals surface area contributed by atoms with Gasteiger partial charge in [-0.1, -0.05) is 54.6 Å². The minimum atomic E-state index is -0.833. The molecule has 1 amide bonds. The fraction of sp³-hybridized carbons (Fsp3) is 0.161. The molecule has 1 atom stereocenters. The number of carbonyl (C=O) groups excluding carboxylic acids is 2. The predicted molar refractivity (Wildman–Crippen MR) is 144 cm³/mol. The minimum Gasteiger partial charge on any atom is -0.507 e. The van der Waals surface area contributed by atoms with Gasteiger partial charge in [0, 0.05) is 11.3 Å². The Hall–Kier alpha value is -4.58. The van der Waals surface area contributed by atoms with Crippen molar-refractivity contribution in [2.45, 2.75) is 26.0 Å². The molecular weight excluding hydrogens is 466 g/mol. The standard InChI is InChI=1S/C31H27NO5/c1-19(2)37-24-15-11-21(12-16-24)28-27(29(33)26-10-6-8-20-7-4-5-9-25(20)26)30(34)31(35)32(28)22-13-17-23(36-3)18-14-22/h4-19,28,33H,1-3H3/b29-27-. The van der Waals surface area contributed by atoms with Gasteiger partial charge in [-0.2, -0.15) is 0 Å². The lowest BCUT2D eigenvalue weighted by Crippen LogP contribution is -2.29. The summed E-state index contributed by atoms with van der Waals surface area (Å²) in [6, 6.07) is 26.5. The molecule has 37 heavy (non-hydrogen) atoms. The van der Waals surface area contributed by atoms with Crippen LogP contribution in [0.3, 0.4) is 0 Å². The van der Waals surface area contributed by atoms with Crippen molar-refractivity contribution in [1.29, 1.82) is 0 Å². The number of Topliss-reactive ketones (excluding diaryl/α,β-unsaturated/α-hetero) is 1. The van der Waals surface area contributed by atoms with Gasteiger partial charge in [-0.15, -0.1) is 0 Å². The van der Waals surface area contributed by atoms with Crippen molar-refractivity contribution >= 4 is 33.9 Å². The van der Waals surface area contributed by atoms with Crippen molar-refractivity contribution < 1.29 is 24.2 Å². The van der Waals surface area contributed by atoms with Gasteiger partial charge >= 0.3 is 0 Å². The first kappa shape index (κ1) is 24.1. The SMILES string of the molecule is COc1ccc(N2C(=O)C(=O)/C(=C(\O)c3cccc4ccccc34)C2c2ccc(OC(C)C)cc2)cc1. The first-order chi connectivity index (χ1) is 17.9. The van der Waals surface area contributed by atoms with E-state index in [2.05, 4.69) is 0 Å². The second-order valence-corrected chi connectivity index (χ2v) is 9.13. The second-order valence-electron chi connectivity index (χ2n) is 9.13. The summed E-state index contributed by atoms with van der Waals surface area (Å²) in [4.78, 5) is 28.4. The third-order valence-corrected chi connectivity index (χ3v) is 6.41. The molecule has 0 spiro atoms. The quantitative estimate of drug-likeness (QED) is 0.195. The molecule has 186 valence electrons. The van der Waals surface area contributed by atoms with Crippen molar-refractivity contribution in [3.8, 4) is 11.5 Å². The van der Waals surface area contributed by atoms with Crippen molar-refractivity contribution in [2.24, 2.45) is 0 Å². The number of benzene rings is 4. The highest BCUT2D eigenvalue weighted by molar-refractivity contribution is 6.51. The van der Waals surface area contributed by atoms with Gasteiger partial charge in [-0.05, 0) is 66.6 Å². The zero-order valence-electron chi connectivity index (χ0n) is 20.8. The molecule has 1 N–H and O–H groups in total. The summed E-state index contributed by atoms with van der Waals surface area (Å²) in [6.07, 6.45) is 0.00199. The van der Waals surface area contributed by atoms with Crippen LogP contribution in [0.25, 0.3) is 16.5 Å². The first-order valence-electron chi connectivity index (χ1n) is 12.1. The molecule has 0 aliphatic carbocycles. The smallest absolute Gasteiger partial charge is 0.300 e. The molecule has 1 heterocycles. The monoisotopic (exact) mass is 493 g/mol. The highest BCUT2D eigenvalue weighted by Crippen LogP contribution is 2.43. The third kappa shape index (κ3) is 4.42. The first-order valence-corrected chi connectivity index (χ1v) is 12.1. The Bertz CT molecular complexity index is 1500. The normalized spacial score (nSPS) is 17.0. The van der Waals surface area contributed by atoms with Gasteiger partial charge < -0.3 is 14.6 Å². The Morgan fingerprint density at radius 1 is 0.838 bits per heavy atom. The molecule has 0 bridgehead atoms. The van der Waals surface area contributed by atoms with Crippen LogP contribution in [0.15, 0.2) is 96.6 Å². The number of ketones is 1. The molecule has 6 nitrogen and oxygen atoms in total. The van der Waals surface area contributed by atoms with Crippen molar-refractivity contribution in [3.63, 3.8) is 0 Å². The number of amides is 1. The summed E-state index contributed by atoms with van der Waals surface area (Å²) in [5.74, 6) is -0.357. The highest BCUT2D eigenvalue weighted by Gasteiger charge is 2.47. The van der Waals surface area contributed by atoms with Crippen LogP contribution in [0.5, 0.6) is 11.5 Å². The molecule has 0 radical (unpaired) electrons. The average molecular weight is 494 g/mol. The zero-order chi connectivity index (χ0) is 26.1. The molecule has 1 aliphatic heterocycles. The number of nitrogens with zero attached hydrogens (tertiary/aromatic N) is 1. The van der Waals surface area contributed by atoms with Crippen LogP contribution in [0.4, 0.5) is 5.69 Å². The van der Waals surface area contributed by atoms with E-state index in [9.17, 15) is 14.7 Å². The van der Waals surface area contributed by atoms with E-state index in [1.54, 1.807) is 49.6 Å². The zero-order valence-corrected chi connectivity index (χ0v) is 20.8. The minimum absolute atomic E-state index is 0.00199. The van der Waals surface area contributed by atoms with E-state index in [1.807, 2.05) is 62.4 Å². The Morgan fingerprint density at radius 2 is 1.49 bits per heavy atom. The van der Waals surface area contributed by atoms with Crippen molar-refractivity contribution in [2.75, 3.05) is 12.0 Å². The fourth-order valence-electron chi connectivity index (χ4n) is 4.73. The maximum Gasteiger partial charge on any atom is 0.300 e. The number of rotatable bonds is 6. The third-order valence-electron chi connectivity index (χ3n) is 6.41. The van der Waals surface area contributed by atoms with Gasteiger partial charge in [0.1, 0.15) is 17.3 Å². The van der Waals surface area contributed by atoms with Gasteiger partial charge in [0.25, 0.3) is 11.7 Å². The van der Waals surface area contributed by atoms with Crippen molar-refractivity contribution in [1.82, 2.24) is 0 Å². The molecule has 5 rings (SSSR count). The van der Waals surface area contributed by atoms with E-state index in [0.717, 1.165) is 10.8 Å². The number of methoxy groups -OCH3 is 1. The van der Waals surface area contributed by atoms with Crippen LogP contribution in [0.1, 0.15) is 31.0 Å². The summed E-state index contributed by atoms with van der Waals surface area (Å²) >= 11 is 0. The number of hydrogen-bond acceptors (Lipinski definition) is 5. The number of anilines is 1. The van der Waals surface area contributed by atoms with E-state index in [-0.39, 0.29) is 17.4 Å². The van der Waals surface area contributed by atoms with Crippen LogP contribution >= 0.6 is 0 Å². The van der Waals surface area contributed by atoms with Crippen LogP contribution in [-0.2, 0) is 9.59 Å². The van der Waals surface area contributed by atoms with Crippen molar-refractivity contribution in [3.05, 3.63) is 108 Å². The Morgan fingerprint density at radius 3 is 2.16 bits per heavy atom. The molecule has 1 fully saturated rings. The molecule has 1 aliphatic rings. The summed E-state index contributed by atoms with van der Waals surface area (Å²) < 4.78 is 11.0. The van der Waals surface area contributed by atoms with E-state index in [0.29, 0.717) is 28.3 Å². The van der Waals surface area contributed by atoms with Gasteiger partial charge in [0.2, 0.25) is 0 Å². The van der Waals surface area contributed by atoms with Gasteiger partial charge in [-0.25, -0.2) is 0 Å². The van der Waals surface area contributed by atoms with Crippen LogP contribution in [0.2, 0.25) is 0 Å². The lowest BCUT2D eigenvalue weighted by molar-refractivity contribution is -0.132. The number of carbonyl (C=O) groups is 2. The van der Waals surface area contributed by atoms with Crippen LogP contribution < -0.4 is 14.4 Å². The lowest BCUT2D eigenvalue weighted by Gasteiger charge is -2.26.